The summed E-state index contributed by atoms with van der Waals surface area (Å²) in [7, 11) is 0. The average molecular weight is 1020 g/mol. The Bertz CT molecular complexity index is 2980. The van der Waals surface area contributed by atoms with Crippen LogP contribution >= 0.6 is 0 Å². The number of rotatable bonds is 6. The number of imidazole rings is 1. The maximum absolute atomic E-state index is 6.81. The molecular weight excluding hydrogens is 971 g/mol. The summed E-state index contributed by atoms with van der Waals surface area (Å²) in [6.45, 7) is 13.8. The van der Waals surface area contributed by atoms with Gasteiger partial charge in [-0.1, -0.05) is 113 Å². The topological polar surface area (TPSA) is 43.9 Å². The minimum absolute atomic E-state index is 0. The number of hydrogen-bond donors (Lipinski definition) is 0. The van der Waals surface area contributed by atoms with Crippen molar-refractivity contribution < 1.29 is 24.5 Å². The van der Waals surface area contributed by atoms with Crippen molar-refractivity contribution in [3.63, 3.8) is 0 Å². The molecule has 10 rings (SSSR count). The molecule has 303 valence electrons. The molecule has 0 bridgehead atoms. The fraction of sp³-hybridized carbons (Fsp3) is 0.222. The van der Waals surface area contributed by atoms with Gasteiger partial charge in [0.15, 0.2) is 0 Å². The zero-order chi connectivity index (χ0) is 41.2. The van der Waals surface area contributed by atoms with Gasteiger partial charge in [0, 0.05) is 36.6 Å². The summed E-state index contributed by atoms with van der Waals surface area (Å²) < 4.78 is 10.6. The van der Waals surface area contributed by atoms with Crippen LogP contribution in [-0.2, 0) is 25.5 Å². The van der Waals surface area contributed by atoms with E-state index in [-0.39, 0.29) is 25.5 Å². The summed E-state index contributed by atoms with van der Waals surface area (Å²) in [5.74, 6) is 8.70. The van der Waals surface area contributed by atoms with Crippen molar-refractivity contribution >= 4 is 50.6 Å². The fourth-order valence-electron chi connectivity index (χ4n) is 9.01. The number of para-hydroxylation sites is 3. The first kappa shape index (κ1) is 41.7. The zero-order valence-corrected chi connectivity index (χ0v) is 40.4. The molecule has 9 aromatic rings. The van der Waals surface area contributed by atoms with Crippen molar-refractivity contribution in [3.05, 3.63) is 168 Å². The molecule has 6 aromatic carbocycles. The summed E-state index contributed by atoms with van der Waals surface area (Å²) in [6.07, 6.45) is 2.04. The predicted molar refractivity (Wildman–Crippen MR) is 250 cm³/mol. The molecule has 60 heavy (non-hydrogen) atoms. The molecule has 0 saturated carbocycles. The molecule has 0 aliphatic heterocycles. The molecule has 1 aliphatic carbocycles. The van der Waals surface area contributed by atoms with Crippen molar-refractivity contribution in [1.29, 1.82) is 0 Å². The van der Waals surface area contributed by atoms with Crippen LogP contribution in [0.25, 0.3) is 72.4 Å². The largest absolute Gasteiger partial charge is 0 e. The van der Waals surface area contributed by atoms with Gasteiger partial charge in [-0.2, -0.15) is 0 Å². The smallest absolute Gasteiger partial charge is 0 e. The van der Waals surface area contributed by atoms with Gasteiger partial charge in [-0.05, 0) is 63.4 Å². The second-order valence-corrected chi connectivity index (χ2v) is 28.7. The monoisotopic (exact) mass is 1020 g/mol. The standard InChI is InChI=1S/C40H35N2O.C14H16GeN.Ir/c1-23(2)25-14-11-15-26(24(3)4)37(25)42-33-20-10-9-19-32(33)41-39(42)30-17-12-16-29-35-34(43-38(29)30)22-21-28-27-13-7-8-18-31(27)40(5,6)36(28)35;1-15(2,3)13-9-10-14(16-11-13)12-7-5-4-6-8-12;/h7-16,18-24H,1-6H3;4-7,9-11H,1-3H3;/q2*-1;. The van der Waals surface area contributed by atoms with Gasteiger partial charge in [0.2, 0.25) is 0 Å². The van der Waals surface area contributed by atoms with Crippen molar-refractivity contribution in [2.24, 2.45) is 0 Å². The molecule has 0 N–H and O–H groups in total. The zero-order valence-electron chi connectivity index (χ0n) is 35.9. The van der Waals surface area contributed by atoms with E-state index in [1.807, 2.05) is 36.5 Å². The molecule has 6 heteroatoms. The van der Waals surface area contributed by atoms with E-state index in [1.165, 1.54) is 48.9 Å². The van der Waals surface area contributed by atoms with Crippen LogP contribution < -0.4 is 4.40 Å². The van der Waals surface area contributed by atoms with Gasteiger partial charge in [-0.15, -0.1) is 18.2 Å². The molecular formula is C54H51GeIrN3O-2. The minimum atomic E-state index is -1.72. The van der Waals surface area contributed by atoms with Crippen molar-refractivity contribution in [1.82, 2.24) is 14.5 Å². The van der Waals surface area contributed by atoms with Crippen molar-refractivity contribution in [2.45, 2.75) is 76.1 Å². The van der Waals surface area contributed by atoms with Gasteiger partial charge in [0.05, 0.1) is 22.4 Å². The third kappa shape index (κ3) is 7.09. The van der Waals surface area contributed by atoms with Gasteiger partial charge in [-0.3, -0.25) is 4.98 Å². The summed E-state index contributed by atoms with van der Waals surface area (Å²) >= 11 is -1.72. The van der Waals surface area contributed by atoms with E-state index < -0.39 is 13.3 Å². The fourth-order valence-corrected chi connectivity index (χ4v) is 11.2. The third-order valence-corrected chi connectivity index (χ3v) is 16.3. The number of hydrogen-bond acceptors (Lipinski definition) is 3. The first-order valence-corrected chi connectivity index (χ1v) is 28.2. The Hall–Kier alpha value is -5.07. The van der Waals surface area contributed by atoms with Gasteiger partial charge in [-0.25, -0.2) is 0 Å². The van der Waals surface area contributed by atoms with Gasteiger partial charge in [0.1, 0.15) is 5.58 Å². The molecule has 4 nitrogen and oxygen atoms in total. The second-order valence-electron chi connectivity index (χ2n) is 18.0. The van der Waals surface area contributed by atoms with E-state index in [9.17, 15) is 0 Å². The Balaban J connectivity index is 0.000000248. The van der Waals surface area contributed by atoms with Crippen molar-refractivity contribution in [2.75, 3.05) is 0 Å². The molecule has 1 radical (unpaired) electrons. The number of furan rings is 1. The number of aromatic nitrogens is 3. The molecule has 0 saturated heterocycles. The van der Waals surface area contributed by atoms with E-state index in [1.54, 1.807) is 0 Å². The third-order valence-electron chi connectivity index (χ3n) is 12.1. The molecule has 0 atom stereocenters. The first-order valence-electron chi connectivity index (χ1n) is 20.9. The number of nitrogens with zero attached hydrogens (tertiary/aromatic N) is 3. The van der Waals surface area contributed by atoms with E-state index >= 15 is 0 Å². The SMILES string of the molecule is CC(C)c1cccc(C(C)C)c1-n1c(-c2[c-]ccc3c2oc2ccc4c(c23)C(C)(C)c2ccccc2-4)nc2ccccc21.[CH3][Ge]([CH3])([CH3])[c]1ccc(-c2[c-]cccc2)nc1.[Ir]. The Labute approximate surface area is 370 Å². The summed E-state index contributed by atoms with van der Waals surface area (Å²) in [5, 5.41) is 2.30. The van der Waals surface area contributed by atoms with Crippen LogP contribution in [0, 0.1) is 12.1 Å². The quantitative estimate of drug-likeness (QED) is 0.123. The van der Waals surface area contributed by atoms with E-state index in [0.717, 1.165) is 50.2 Å². The summed E-state index contributed by atoms with van der Waals surface area (Å²) in [4.78, 5) is 9.82. The van der Waals surface area contributed by atoms with Crippen LogP contribution in [0.4, 0.5) is 0 Å². The van der Waals surface area contributed by atoms with Crippen LogP contribution in [0.2, 0.25) is 17.3 Å². The Morgan fingerprint density at radius 3 is 2.10 bits per heavy atom. The van der Waals surface area contributed by atoms with Gasteiger partial charge in [0.25, 0.3) is 0 Å². The minimum Gasteiger partial charge on any atom is 0 e. The molecule has 3 aromatic heterocycles. The van der Waals surface area contributed by atoms with Crippen LogP contribution in [0.5, 0.6) is 0 Å². The van der Waals surface area contributed by atoms with E-state index in [4.69, 9.17) is 9.40 Å². The summed E-state index contributed by atoms with van der Waals surface area (Å²) in [6, 6.07) is 51.6. The number of benzene rings is 6. The van der Waals surface area contributed by atoms with Crippen LogP contribution in [0.3, 0.4) is 0 Å². The molecule has 0 amide bonds. The average Bonchev–Trinajstić information content (AvgIpc) is 3.88. The molecule has 1 aliphatic rings. The Morgan fingerprint density at radius 2 is 1.42 bits per heavy atom. The van der Waals surface area contributed by atoms with Crippen LogP contribution in [0.1, 0.15) is 75.6 Å². The maximum atomic E-state index is 6.81. The normalized spacial score (nSPS) is 13.1. The number of pyridine rings is 1. The van der Waals surface area contributed by atoms with Crippen LogP contribution in [0.15, 0.2) is 138 Å². The molecule has 3 heterocycles. The second kappa shape index (κ2) is 16.1. The van der Waals surface area contributed by atoms with Crippen LogP contribution in [-0.4, -0.2) is 27.8 Å². The Morgan fingerprint density at radius 1 is 0.700 bits per heavy atom. The molecule has 0 fully saturated rings. The van der Waals surface area contributed by atoms with Crippen molar-refractivity contribution in [3.8, 4) is 39.5 Å². The predicted octanol–water partition coefficient (Wildman–Crippen LogP) is 14.0. The molecule has 0 spiro atoms. The molecule has 0 unspecified atom stereocenters. The summed E-state index contributed by atoms with van der Waals surface area (Å²) in [5.41, 5.74) is 15.8. The maximum Gasteiger partial charge on any atom is 0 e. The number of fused-ring (bicyclic) bond motifs is 8. The van der Waals surface area contributed by atoms with Gasteiger partial charge >= 0.3 is 99.8 Å². The van der Waals surface area contributed by atoms with Gasteiger partial charge < -0.3 is 8.98 Å². The van der Waals surface area contributed by atoms with E-state index in [0.29, 0.717) is 11.8 Å². The Kier molecular flexibility index (Phi) is 11.2. The van der Waals surface area contributed by atoms with E-state index in [2.05, 4.69) is 178 Å². The first-order chi connectivity index (χ1) is 28.3.